The second kappa shape index (κ2) is 3.56. The third kappa shape index (κ3) is 1.53. The smallest absolute Gasteiger partial charge is 0.141 e. The minimum Gasteiger partial charge on any atom is -0.381 e. The van der Waals surface area contributed by atoms with Crippen LogP contribution in [0.25, 0.3) is 0 Å². The molecule has 2 fully saturated rings. The highest BCUT2D eigenvalue weighted by atomic mass is 16.5. The molecule has 0 bridgehead atoms. The van der Waals surface area contributed by atoms with E-state index >= 15 is 0 Å². The van der Waals surface area contributed by atoms with Gasteiger partial charge in [0.15, 0.2) is 0 Å². The van der Waals surface area contributed by atoms with Gasteiger partial charge in [-0.1, -0.05) is 6.42 Å². The van der Waals surface area contributed by atoms with E-state index in [1.807, 2.05) is 0 Å². The number of Topliss-reactive ketones (excluding diaryl/α,β-unsaturated/α-hetero) is 1. The van der Waals surface area contributed by atoms with Crippen LogP contribution in [0.15, 0.2) is 0 Å². The fourth-order valence-electron chi connectivity index (χ4n) is 1.99. The summed E-state index contributed by atoms with van der Waals surface area (Å²) in [4.78, 5) is 11.7. The molecule has 0 aromatic heterocycles. The van der Waals surface area contributed by atoms with Gasteiger partial charge in [0.25, 0.3) is 0 Å². The van der Waals surface area contributed by atoms with Crippen LogP contribution < -0.4 is 0 Å². The molecule has 68 valence electrons. The van der Waals surface area contributed by atoms with E-state index in [1.165, 1.54) is 6.42 Å². The van der Waals surface area contributed by atoms with Gasteiger partial charge in [-0.3, -0.25) is 4.79 Å². The maximum absolute atomic E-state index is 11.7. The molecule has 0 N–H and O–H groups in total. The van der Waals surface area contributed by atoms with Crippen LogP contribution in [0.3, 0.4) is 0 Å². The first kappa shape index (κ1) is 8.24. The number of hydrogen-bond acceptors (Lipinski definition) is 2. The van der Waals surface area contributed by atoms with Crippen LogP contribution in [-0.2, 0) is 9.53 Å². The maximum Gasteiger partial charge on any atom is 0.141 e. The molecule has 2 rings (SSSR count). The van der Waals surface area contributed by atoms with Gasteiger partial charge in [-0.25, -0.2) is 0 Å². The molecular weight excluding hydrogens is 152 g/mol. The van der Waals surface area contributed by atoms with Gasteiger partial charge in [-0.15, -0.1) is 0 Å². The molecule has 1 atom stereocenters. The zero-order chi connectivity index (χ0) is 8.39. The SMILES string of the molecule is O=C(C1CCC1)C1CCCOC1. The summed E-state index contributed by atoms with van der Waals surface area (Å²) in [7, 11) is 0. The lowest BCUT2D eigenvalue weighted by Crippen LogP contribution is -2.33. The maximum atomic E-state index is 11.7. The summed E-state index contributed by atoms with van der Waals surface area (Å²) >= 11 is 0. The summed E-state index contributed by atoms with van der Waals surface area (Å²) in [5.41, 5.74) is 0. The Morgan fingerprint density at radius 3 is 2.33 bits per heavy atom. The monoisotopic (exact) mass is 168 g/mol. The first-order valence-electron chi connectivity index (χ1n) is 4.99. The highest BCUT2D eigenvalue weighted by Gasteiger charge is 2.31. The van der Waals surface area contributed by atoms with Gasteiger partial charge in [0.2, 0.25) is 0 Å². The molecule has 1 saturated heterocycles. The van der Waals surface area contributed by atoms with Crippen LogP contribution in [0, 0.1) is 11.8 Å². The molecule has 0 aromatic carbocycles. The van der Waals surface area contributed by atoms with E-state index < -0.39 is 0 Å². The van der Waals surface area contributed by atoms with Crippen molar-refractivity contribution in [2.24, 2.45) is 11.8 Å². The van der Waals surface area contributed by atoms with Crippen LogP contribution in [0.2, 0.25) is 0 Å². The Labute approximate surface area is 73.3 Å². The highest BCUT2D eigenvalue weighted by molar-refractivity contribution is 5.84. The zero-order valence-corrected chi connectivity index (χ0v) is 7.42. The van der Waals surface area contributed by atoms with Gasteiger partial charge in [-0.05, 0) is 25.7 Å². The number of hydrogen-bond donors (Lipinski definition) is 0. The molecule has 2 aliphatic rings. The largest absolute Gasteiger partial charge is 0.381 e. The lowest BCUT2D eigenvalue weighted by atomic mass is 9.77. The lowest BCUT2D eigenvalue weighted by molar-refractivity contribution is -0.133. The first-order chi connectivity index (χ1) is 5.88. The molecule has 1 aliphatic heterocycles. The minimum absolute atomic E-state index is 0.240. The summed E-state index contributed by atoms with van der Waals surface area (Å²) in [6.07, 6.45) is 5.66. The molecule has 1 unspecified atom stereocenters. The van der Waals surface area contributed by atoms with E-state index in [1.54, 1.807) is 0 Å². The topological polar surface area (TPSA) is 26.3 Å². The molecule has 0 spiro atoms. The summed E-state index contributed by atoms with van der Waals surface area (Å²) in [5, 5.41) is 0. The fraction of sp³-hybridized carbons (Fsp3) is 0.900. The van der Waals surface area contributed by atoms with Gasteiger partial charge in [-0.2, -0.15) is 0 Å². The molecule has 1 saturated carbocycles. The average molecular weight is 168 g/mol. The molecule has 1 aliphatic carbocycles. The van der Waals surface area contributed by atoms with Gasteiger partial charge >= 0.3 is 0 Å². The van der Waals surface area contributed by atoms with Crippen molar-refractivity contribution in [3.05, 3.63) is 0 Å². The predicted octanol–water partition coefficient (Wildman–Crippen LogP) is 1.78. The van der Waals surface area contributed by atoms with Crippen molar-refractivity contribution in [3.8, 4) is 0 Å². The highest BCUT2D eigenvalue weighted by Crippen LogP contribution is 2.31. The van der Waals surface area contributed by atoms with E-state index in [9.17, 15) is 4.79 Å². The minimum atomic E-state index is 0.240. The number of rotatable bonds is 2. The number of carbonyl (C=O) groups excluding carboxylic acids is 1. The Balaban J connectivity index is 1.84. The van der Waals surface area contributed by atoms with Crippen molar-refractivity contribution in [2.45, 2.75) is 32.1 Å². The first-order valence-corrected chi connectivity index (χ1v) is 4.99. The Morgan fingerprint density at radius 2 is 1.83 bits per heavy atom. The molecule has 12 heavy (non-hydrogen) atoms. The van der Waals surface area contributed by atoms with Crippen molar-refractivity contribution < 1.29 is 9.53 Å². The molecule has 2 heteroatoms. The van der Waals surface area contributed by atoms with Crippen LogP contribution >= 0.6 is 0 Å². The van der Waals surface area contributed by atoms with Crippen molar-refractivity contribution in [1.29, 1.82) is 0 Å². The lowest BCUT2D eigenvalue weighted by Gasteiger charge is -2.30. The average Bonchev–Trinajstić information content (AvgIpc) is 2.03. The Hall–Kier alpha value is -0.370. The normalized spacial score (nSPS) is 31.2. The third-order valence-electron chi connectivity index (χ3n) is 3.07. The van der Waals surface area contributed by atoms with E-state index in [2.05, 4.69) is 0 Å². The molecule has 2 nitrogen and oxygen atoms in total. The van der Waals surface area contributed by atoms with E-state index in [4.69, 9.17) is 4.74 Å². The van der Waals surface area contributed by atoms with Crippen LogP contribution in [0.5, 0.6) is 0 Å². The quantitative estimate of drug-likeness (QED) is 0.628. The third-order valence-corrected chi connectivity index (χ3v) is 3.07. The number of ether oxygens (including phenoxy) is 1. The number of ketones is 1. The van der Waals surface area contributed by atoms with Crippen LogP contribution in [0.4, 0.5) is 0 Å². The number of carbonyl (C=O) groups is 1. The second-order valence-electron chi connectivity index (χ2n) is 3.94. The summed E-state index contributed by atoms with van der Waals surface area (Å²) in [5.74, 6) is 1.13. The van der Waals surface area contributed by atoms with Crippen molar-refractivity contribution in [1.82, 2.24) is 0 Å². The molecule has 0 amide bonds. The van der Waals surface area contributed by atoms with Crippen molar-refractivity contribution >= 4 is 5.78 Å². The van der Waals surface area contributed by atoms with Gasteiger partial charge < -0.3 is 4.74 Å². The van der Waals surface area contributed by atoms with E-state index in [0.29, 0.717) is 18.3 Å². The molecule has 0 radical (unpaired) electrons. The van der Waals surface area contributed by atoms with Crippen molar-refractivity contribution in [3.63, 3.8) is 0 Å². The Kier molecular flexibility index (Phi) is 2.45. The zero-order valence-electron chi connectivity index (χ0n) is 7.42. The summed E-state index contributed by atoms with van der Waals surface area (Å²) in [6, 6.07) is 0. The van der Waals surface area contributed by atoms with Gasteiger partial charge in [0.05, 0.1) is 6.61 Å². The van der Waals surface area contributed by atoms with Gasteiger partial charge in [0.1, 0.15) is 5.78 Å². The standard InChI is InChI=1S/C10H16O2/c11-10(8-3-1-4-8)9-5-2-6-12-7-9/h8-9H,1-7H2. The molecule has 0 aromatic rings. The fourth-order valence-corrected chi connectivity index (χ4v) is 1.99. The Bertz CT molecular complexity index is 167. The van der Waals surface area contributed by atoms with E-state index in [-0.39, 0.29) is 5.92 Å². The van der Waals surface area contributed by atoms with Crippen LogP contribution in [-0.4, -0.2) is 19.0 Å². The predicted molar refractivity (Wildman–Crippen MR) is 45.9 cm³/mol. The van der Waals surface area contributed by atoms with E-state index in [0.717, 1.165) is 32.3 Å². The summed E-state index contributed by atoms with van der Waals surface area (Å²) in [6.45, 7) is 1.55. The molecular formula is C10H16O2. The van der Waals surface area contributed by atoms with Gasteiger partial charge in [0, 0.05) is 18.4 Å². The second-order valence-corrected chi connectivity index (χ2v) is 3.94. The Morgan fingerprint density at radius 1 is 1.08 bits per heavy atom. The van der Waals surface area contributed by atoms with Crippen molar-refractivity contribution in [2.75, 3.05) is 13.2 Å². The van der Waals surface area contributed by atoms with Crippen LogP contribution in [0.1, 0.15) is 32.1 Å². The summed E-state index contributed by atoms with van der Waals surface area (Å²) < 4.78 is 5.30. The molecule has 1 heterocycles.